The Labute approximate surface area is 114 Å². The normalized spacial score (nSPS) is 18.9. The Morgan fingerprint density at radius 3 is 2.42 bits per heavy atom. The quantitative estimate of drug-likeness (QED) is 0.755. The van der Waals surface area contributed by atoms with Crippen LogP contribution < -0.4 is 5.32 Å². The van der Waals surface area contributed by atoms with Gasteiger partial charge in [0, 0.05) is 19.6 Å². The van der Waals surface area contributed by atoms with Gasteiger partial charge in [-0.1, -0.05) is 6.92 Å². The first-order valence-electron chi connectivity index (χ1n) is 6.94. The minimum atomic E-state index is -0.965. The highest BCUT2D eigenvalue weighted by Crippen LogP contribution is 2.11. The van der Waals surface area contributed by atoms with Crippen LogP contribution in [-0.4, -0.2) is 65.7 Å². The second kappa shape index (κ2) is 7.33. The van der Waals surface area contributed by atoms with Crippen molar-refractivity contribution in [3.8, 4) is 0 Å². The van der Waals surface area contributed by atoms with E-state index >= 15 is 0 Å². The van der Waals surface area contributed by atoms with E-state index in [9.17, 15) is 9.59 Å². The molecule has 0 aromatic rings. The van der Waals surface area contributed by atoms with Crippen LogP contribution in [-0.2, 0) is 4.79 Å². The Hall–Kier alpha value is -1.30. The van der Waals surface area contributed by atoms with E-state index in [0.29, 0.717) is 19.0 Å². The molecule has 6 heteroatoms. The maximum Gasteiger partial charge on any atom is 0.326 e. The van der Waals surface area contributed by atoms with E-state index in [-0.39, 0.29) is 6.03 Å². The van der Waals surface area contributed by atoms with Gasteiger partial charge in [0.25, 0.3) is 0 Å². The van der Waals surface area contributed by atoms with Crippen molar-refractivity contribution in [1.29, 1.82) is 0 Å². The van der Waals surface area contributed by atoms with Crippen molar-refractivity contribution in [2.24, 2.45) is 0 Å². The number of aliphatic carboxylic acids is 1. The third kappa shape index (κ3) is 4.38. The average molecular weight is 271 g/mol. The summed E-state index contributed by atoms with van der Waals surface area (Å²) in [6, 6.07) is -0.785. The lowest BCUT2D eigenvalue weighted by molar-refractivity contribution is -0.141. The zero-order valence-corrected chi connectivity index (χ0v) is 12.1. The zero-order chi connectivity index (χ0) is 14.4. The lowest BCUT2D eigenvalue weighted by atomic mass is 10.2. The molecule has 0 aromatic heterocycles. The number of carboxylic acids is 1. The van der Waals surface area contributed by atoms with Crippen molar-refractivity contribution in [2.45, 2.75) is 45.2 Å². The maximum absolute atomic E-state index is 11.9. The summed E-state index contributed by atoms with van der Waals surface area (Å²) in [6.07, 6.45) is 2.84. The number of nitrogens with one attached hydrogen (secondary N) is 1. The SMILES string of the molecule is CCC(C(=O)O)N(C)C(=O)NCC(C)N1CCCC1. The molecule has 2 N–H and O–H groups in total. The van der Waals surface area contributed by atoms with Gasteiger partial charge in [0.2, 0.25) is 0 Å². The molecule has 0 radical (unpaired) electrons. The summed E-state index contributed by atoms with van der Waals surface area (Å²) in [5.41, 5.74) is 0. The number of hydrogen-bond donors (Lipinski definition) is 2. The van der Waals surface area contributed by atoms with Crippen molar-refractivity contribution < 1.29 is 14.7 Å². The maximum atomic E-state index is 11.9. The summed E-state index contributed by atoms with van der Waals surface area (Å²) in [7, 11) is 1.53. The molecule has 2 amide bonds. The lowest BCUT2D eigenvalue weighted by Crippen LogP contribution is -2.49. The van der Waals surface area contributed by atoms with E-state index in [1.54, 1.807) is 6.92 Å². The van der Waals surface area contributed by atoms with Crippen LogP contribution in [0.1, 0.15) is 33.1 Å². The number of hydrogen-bond acceptors (Lipinski definition) is 3. The molecule has 2 atom stereocenters. The van der Waals surface area contributed by atoms with Gasteiger partial charge in [-0.05, 0) is 39.3 Å². The number of likely N-dealkylation sites (tertiary alicyclic amines) is 1. The van der Waals surface area contributed by atoms with Crippen LogP contribution in [0.5, 0.6) is 0 Å². The van der Waals surface area contributed by atoms with Gasteiger partial charge in [-0.3, -0.25) is 4.90 Å². The highest BCUT2D eigenvalue weighted by molar-refractivity contribution is 5.82. The Morgan fingerprint density at radius 2 is 1.95 bits per heavy atom. The van der Waals surface area contributed by atoms with E-state index in [0.717, 1.165) is 13.1 Å². The van der Waals surface area contributed by atoms with Crippen molar-refractivity contribution in [1.82, 2.24) is 15.1 Å². The number of carboxylic acid groups (broad SMARTS) is 1. The van der Waals surface area contributed by atoms with Gasteiger partial charge in [0.15, 0.2) is 0 Å². The molecule has 1 heterocycles. The van der Waals surface area contributed by atoms with Gasteiger partial charge in [0.1, 0.15) is 6.04 Å². The Bertz CT molecular complexity index is 316. The average Bonchev–Trinajstić information content (AvgIpc) is 2.89. The van der Waals surface area contributed by atoms with Crippen molar-refractivity contribution in [3.63, 3.8) is 0 Å². The fourth-order valence-electron chi connectivity index (χ4n) is 2.43. The second-order valence-corrected chi connectivity index (χ2v) is 5.15. The van der Waals surface area contributed by atoms with Crippen LogP contribution in [0.3, 0.4) is 0 Å². The first kappa shape index (κ1) is 15.8. The fourth-order valence-corrected chi connectivity index (χ4v) is 2.43. The smallest absolute Gasteiger partial charge is 0.326 e. The number of carbonyl (C=O) groups excluding carboxylic acids is 1. The Morgan fingerprint density at radius 1 is 1.37 bits per heavy atom. The van der Waals surface area contributed by atoms with Gasteiger partial charge in [-0.15, -0.1) is 0 Å². The van der Waals surface area contributed by atoms with Crippen molar-refractivity contribution in [3.05, 3.63) is 0 Å². The number of rotatable bonds is 6. The van der Waals surface area contributed by atoms with E-state index in [1.165, 1.54) is 24.8 Å². The summed E-state index contributed by atoms with van der Waals surface area (Å²) < 4.78 is 0. The van der Waals surface area contributed by atoms with E-state index in [4.69, 9.17) is 5.11 Å². The van der Waals surface area contributed by atoms with E-state index < -0.39 is 12.0 Å². The van der Waals surface area contributed by atoms with Gasteiger partial charge in [-0.2, -0.15) is 0 Å². The molecule has 6 nitrogen and oxygen atoms in total. The highest BCUT2D eigenvalue weighted by Gasteiger charge is 2.25. The molecule has 1 rings (SSSR count). The van der Waals surface area contributed by atoms with Crippen LogP contribution >= 0.6 is 0 Å². The molecule has 0 bridgehead atoms. The minimum absolute atomic E-state index is 0.296. The topological polar surface area (TPSA) is 72.9 Å². The summed E-state index contributed by atoms with van der Waals surface area (Å²) in [4.78, 5) is 26.5. The molecule has 1 aliphatic heterocycles. The zero-order valence-electron chi connectivity index (χ0n) is 12.1. The second-order valence-electron chi connectivity index (χ2n) is 5.15. The first-order chi connectivity index (χ1) is 8.97. The van der Waals surface area contributed by atoms with Gasteiger partial charge >= 0.3 is 12.0 Å². The predicted octanol–water partition coefficient (Wildman–Crippen LogP) is 0.975. The molecule has 1 aliphatic rings. The predicted molar refractivity (Wildman–Crippen MR) is 73.1 cm³/mol. The number of carbonyl (C=O) groups is 2. The Balaban J connectivity index is 2.39. The van der Waals surface area contributed by atoms with Crippen LogP contribution in [0, 0.1) is 0 Å². The number of likely N-dealkylation sites (N-methyl/N-ethyl adjacent to an activating group) is 1. The van der Waals surface area contributed by atoms with Gasteiger partial charge in [-0.25, -0.2) is 9.59 Å². The molecule has 0 aliphatic carbocycles. The summed E-state index contributed by atoms with van der Waals surface area (Å²) in [5, 5.41) is 11.8. The van der Waals surface area contributed by atoms with E-state index in [2.05, 4.69) is 17.1 Å². The Kier molecular flexibility index (Phi) is 6.08. The van der Waals surface area contributed by atoms with Gasteiger partial charge < -0.3 is 15.3 Å². The first-order valence-corrected chi connectivity index (χ1v) is 6.94. The number of urea groups is 1. The third-order valence-corrected chi connectivity index (χ3v) is 3.77. The minimum Gasteiger partial charge on any atom is -0.480 e. The van der Waals surface area contributed by atoms with Gasteiger partial charge in [0.05, 0.1) is 0 Å². The summed E-state index contributed by atoms with van der Waals surface area (Å²) in [6.45, 7) is 6.56. The summed E-state index contributed by atoms with van der Waals surface area (Å²) >= 11 is 0. The van der Waals surface area contributed by atoms with Crippen molar-refractivity contribution >= 4 is 12.0 Å². The third-order valence-electron chi connectivity index (χ3n) is 3.77. The molecule has 2 unspecified atom stereocenters. The molecule has 19 heavy (non-hydrogen) atoms. The largest absolute Gasteiger partial charge is 0.480 e. The van der Waals surface area contributed by atoms with Crippen LogP contribution in [0.15, 0.2) is 0 Å². The molecule has 0 aromatic carbocycles. The molecule has 1 fully saturated rings. The molecular weight excluding hydrogens is 246 g/mol. The monoisotopic (exact) mass is 271 g/mol. The standard InChI is InChI=1S/C13H25N3O3/c1-4-11(12(17)18)15(3)13(19)14-9-10(2)16-7-5-6-8-16/h10-11H,4-9H2,1-3H3,(H,14,19)(H,17,18). The van der Waals surface area contributed by atoms with E-state index in [1.807, 2.05) is 0 Å². The fraction of sp³-hybridized carbons (Fsp3) is 0.846. The van der Waals surface area contributed by atoms with Crippen LogP contribution in [0.2, 0.25) is 0 Å². The lowest BCUT2D eigenvalue weighted by Gasteiger charge is -2.27. The molecule has 0 saturated carbocycles. The van der Waals surface area contributed by atoms with Crippen LogP contribution in [0.4, 0.5) is 4.79 Å². The number of nitrogens with zero attached hydrogens (tertiary/aromatic N) is 2. The molecule has 0 spiro atoms. The van der Waals surface area contributed by atoms with Crippen molar-refractivity contribution in [2.75, 3.05) is 26.7 Å². The molecule has 110 valence electrons. The van der Waals surface area contributed by atoms with Crippen LogP contribution in [0.25, 0.3) is 0 Å². The number of amides is 2. The summed E-state index contributed by atoms with van der Waals surface area (Å²) in [5.74, 6) is -0.965. The molecular formula is C13H25N3O3. The molecule has 1 saturated heterocycles. The highest BCUT2D eigenvalue weighted by atomic mass is 16.4.